The van der Waals surface area contributed by atoms with Crippen molar-refractivity contribution >= 4 is 11.8 Å². The molecule has 0 unspecified atom stereocenters. The van der Waals surface area contributed by atoms with Crippen molar-refractivity contribution < 1.29 is 0 Å². The number of hydrogen-bond acceptors (Lipinski definition) is 5. The number of nitrogen functional groups attached to an aromatic ring is 1. The molecule has 2 aliphatic rings. The van der Waals surface area contributed by atoms with Gasteiger partial charge in [0, 0.05) is 25.2 Å². The van der Waals surface area contributed by atoms with Crippen molar-refractivity contribution in [1.29, 1.82) is 0 Å². The topological polar surface area (TPSA) is 75.9 Å². The third-order valence-electron chi connectivity index (χ3n) is 3.74. The summed E-state index contributed by atoms with van der Waals surface area (Å²) in [4.78, 5) is 8.83. The van der Waals surface area contributed by atoms with Gasteiger partial charge in [0.15, 0.2) is 0 Å². The van der Waals surface area contributed by atoms with Crippen molar-refractivity contribution in [2.75, 3.05) is 17.6 Å². The largest absolute Gasteiger partial charge is 0.383 e. The van der Waals surface area contributed by atoms with Crippen molar-refractivity contribution in [1.82, 2.24) is 15.3 Å². The van der Waals surface area contributed by atoms with Crippen molar-refractivity contribution in [3.05, 3.63) is 11.3 Å². The van der Waals surface area contributed by atoms with Gasteiger partial charge in [-0.25, -0.2) is 4.98 Å². The Morgan fingerprint density at radius 1 is 1.24 bits per heavy atom. The number of aromatic nitrogens is 2. The van der Waals surface area contributed by atoms with Crippen molar-refractivity contribution in [3.8, 4) is 0 Å². The molecule has 0 saturated heterocycles. The Bertz CT molecular complexity index is 412. The first-order chi connectivity index (χ1) is 8.33. The molecule has 2 heterocycles. The van der Waals surface area contributed by atoms with E-state index in [4.69, 9.17) is 5.73 Å². The van der Waals surface area contributed by atoms with E-state index in [2.05, 4.69) is 20.6 Å². The Morgan fingerprint density at radius 3 is 2.88 bits per heavy atom. The first kappa shape index (κ1) is 10.8. The predicted molar refractivity (Wildman–Crippen MR) is 67.4 cm³/mol. The molecule has 5 heteroatoms. The third kappa shape index (κ3) is 2.20. The van der Waals surface area contributed by atoms with Gasteiger partial charge in [-0.1, -0.05) is 12.8 Å². The Hall–Kier alpha value is -1.36. The fourth-order valence-corrected chi connectivity index (χ4v) is 2.72. The van der Waals surface area contributed by atoms with E-state index in [1.807, 2.05) is 0 Å². The molecule has 0 spiro atoms. The van der Waals surface area contributed by atoms with Crippen molar-refractivity contribution in [2.45, 2.75) is 38.8 Å². The van der Waals surface area contributed by atoms with Gasteiger partial charge in [0.2, 0.25) is 5.95 Å². The Balaban J connectivity index is 1.68. The maximum Gasteiger partial charge on any atom is 0.224 e. The molecule has 5 nitrogen and oxygen atoms in total. The van der Waals surface area contributed by atoms with Gasteiger partial charge in [-0.05, 0) is 18.8 Å². The summed E-state index contributed by atoms with van der Waals surface area (Å²) in [5.41, 5.74) is 8.04. The van der Waals surface area contributed by atoms with Crippen molar-refractivity contribution in [3.63, 3.8) is 0 Å². The molecule has 0 aromatic carbocycles. The summed E-state index contributed by atoms with van der Waals surface area (Å²) in [6.07, 6.45) is 5.39. The van der Waals surface area contributed by atoms with Gasteiger partial charge in [-0.3, -0.25) is 0 Å². The predicted octanol–water partition coefficient (Wildman–Crippen LogP) is 1.26. The van der Waals surface area contributed by atoms with Gasteiger partial charge in [0.05, 0.1) is 5.69 Å². The minimum absolute atomic E-state index is 0.619. The lowest BCUT2D eigenvalue weighted by Gasteiger charge is -2.11. The zero-order valence-corrected chi connectivity index (χ0v) is 10.00. The van der Waals surface area contributed by atoms with E-state index < -0.39 is 0 Å². The van der Waals surface area contributed by atoms with Crippen molar-refractivity contribution in [2.24, 2.45) is 5.92 Å². The van der Waals surface area contributed by atoms with Crippen LogP contribution in [0.2, 0.25) is 0 Å². The average molecular weight is 233 g/mol. The van der Waals surface area contributed by atoms with Crippen LogP contribution in [-0.4, -0.2) is 16.5 Å². The number of anilines is 2. The van der Waals surface area contributed by atoms with Crippen LogP contribution in [0.1, 0.15) is 36.9 Å². The molecule has 1 saturated carbocycles. The van der Waals surface area contributed by atoms with Crippen LogP contribution < -0.4 is 16.4 Å². The van der Waals surface area contributed by atoms with Crippen LogP contribution in [0.15, 0.2) is 0 Å². The summed E-state index contributed by atoms with van der Waals surface area (Å²) in [6, 6.07) is 0. The Morgan fingerprint density at radius 2 is 2.06 bits per heavy atom. The maximum absolute atomic E-state index is 5.93. The van der Waals surface area contributed by atoms with E-state index in [-0.39, 0.29) is 0 Å². The van der Waals surface area contributed by atoms with E-state index >= 15 is 0 Å². The minimum Gasteiger partial charge on any atom is -0.383 e. The molecular weight excluding hydrogens is 214 g/mol. The van der Waals surface area contributed by atoms with E-state index in [0.29, 0.717) is 11.8 Å². The number of hydrogen-bond donors (Lipinski definition) is 3. The maximum atomic E-state index is 5.93. The highest BCUT2D eigenvalue weighted by molar-refractivity contribution is 5.48. The van der Waals surface area contributed by atoms with E-state index in [1.165, 1.54) is 25.7 Å². The van der Waals surface area contributed by atoms with E-state index in [0.717, 1.165) is 36.8 Å². The zero-order chi connectivity index (χ0) is 11.7. The second-order valence-corrected chi connectivity index (χ2v) is 4.99. The summed E-state index contributed by atoms with van der Waals surface area (Å²) in [6.45, 7) is 2.58. The molecule has 1 fully saturated rings. The Labute approximate surface area is 101 Å². The lowest BCUT2D eigenvalue weighted by atomic mass is 10.1. The SMILES string of the molecule is Nc1nc(NCC2CCCC2)nc2c1CNC2. The number of fused-ring (bicyclic) bond motifs is 1. The molecule has 92 valence electrons. The molecule has 1 aromatic heterocycles. The molecule has 1 aromatic rings. The number of rotatable bonds is 3. The zero-order valence-electron chi connectivity index (χ0n) is 10.00. The van der Waals surface area contributed by atoms with Gasteiger partial charge >= 0.3 is 0 Å². The van der Waals surface area contributed by atoms with Crippen LogP contribution in [0.5, 0.6) is 0 Å². The van der Waals surface area contributed by atoms with Gasteiger partial charge in [0.1, 0.15) is 5.82 Å². The Kier molecular flexibility index (Phi) is 2.84. The van der Waals surface area contributed by atoms with Crippen LogP contribution >= 0.6 is 0 Å². The fraction of sp³-hybridized carbons (Fsp3) is 0.667. The lowest BCUT2D eigenvalue weighted by molar-refractivity contribution is 0.577. The van der Waals surface area contributed by atoms with E-state index in [1.54, 1.807) is 0 Å². The molecule has 4 N–H and O–H groups in total. The summed E-state index contributed by atoms with van der Waals surface area (Å²) >= 11 is 0. The highest BCUT2D eigenvalue weighted by Gasteiger charge is 2.18. The summed E-state index contributed by atoms with van der Waals surface area (Å²) in [5.74, 6) is 2.09. The van der Waals surface area contributed by atoms with E-state index in [9.17, 15) is 0 Å². The molecule has 1 aliphatic carbocycles. The average Bonchev–Trinajstić information content (AvgIpc) is 2.97. The molecule has 0 radical (unpaired) electrons. The number of nitrogens with two attached hydrogens (primary N) is 1. The van der Waals surface area contributed by atoms with Gasteiger partial charge in [0.25, 0.3) is 0 Å². The quantitative estimate of drug-likeness (QED) is 0.733. The molecule has 0 bridgehead atoms. The number of nitrogens with zero attached hydrogens (tertiary/aromatic N) is 2. The molecule has 1 aliphatic heterocycles. The highest BCUT2D eigenvalue weighted by atomic mass is 15.1. The normalized spacial score (nSPS) is 19.5. The van der Waals surface area contributed by atoms with Crippen LogP contribution in [0.25, 0.3) is 0 Å². The first-order valence-electron chi connectivity index (χ1n) is 6.43. The second-order valence-electron chi connectivity index (χ2n) is 4.99. The van der Waals surface area contributed by atoms with Crippen LogP contribution in [0.3, 0.4) is 0 Å². The highest BCUT2D eigenvalue weighted by Crippen LogP contribution is 2.25. The minimum atomic E-state index is 0.619. The van der Waals surface area contributed by atoms with Crippen LogP contribution in [0.4, 0.5) is 11.8 Å². The second kappa shape index (κ2) is 4.49. The molecule has 0 amide bonds. The van der Waals surface area contributed by atoms with Gasteiger partial charge < -0.3 is 16.4 Å². The monoisotopic (exact) mass is 233 g/mol. The standard InChI is InChI=1S/C12H19N5/c13-11-9-6-14-7-10(9)16-12(17-11)15-5-8-3-1-2-4-8/h8,14H,1-7H2,(H3,13,15,16,17). The summed E-state index contributed by atoms with van der Waals surface area (Å²) in [5, 5.41) is 6.57. The smallest absolute Gasteiger partial charge is 0.224 e. The first-order valence-corrected chi connectivity index (χ1v) is 6.43. The lowest BCUT2D eigenvalue weighted by Crippen LogP contribution is -2.14. The molecule has 17 heavy (non-hydrogen) atoms. The molecule has 3 rings (SSSR count). The van der Waals surface area contributed by atoms with Crippen LogP contribution in [-0.2, 0) is 13.1 Å². The fourth-order valence-electron chi connectivity index (χ4n) is 2.72. The van der Waals surface area contributed by atoms with Crippen LogP contribution in [0, 0.1) is 5.92 Å². The molecular formula is C12H19N5. The van der Waals surface area contributed by atoms with Gasteiger partial charge in [-0.15, -0.1) is 0 Å². The summed E-state index contributed by atoms with van der Waals surface area (Å²) < 4.78 is 0. The molecule has 0 atom stereocenters. The summed E-state index contributed by atoms with van der Waals surface area (Å²) in [7, 11) is 0. The third-order valence-corrected chi connectivity index (χ3v) is 3.74. The number of nitrogens with one attached hydrogen (secondary N) is 2. The van der Waals surface area contributed by atoms with Gasteiger partial charge in [-0.2, -0.15) is 4.98 Å².